The summed E-state index contributed by atoms with van der Waals surface area (Å²) in [4.78, 5) is 16.8. The van der Waals surface area contributed by atoms with Crippen LogP contribution in [0.2, 0.25) is 0 Å². The van der Waals surface area contributed by atoms with Gasteiger partial charge in [0.2, 0.25) is 6.79 Å². The zero-order chi connectivity index (χ0) is 18.8. The lowest BCUT2D eigenvalue weighted by Gasteiger charge is -2.31. The van der Waals surface area contributed by atoms with Gasteiger partial charge in [-0.15, -0.1) is 0 Å². The van der Waals surface area contributed by atoms with E-state index >= 15 is 0 Å². The van der Waals surface area contributed by atoms with E-state index in [4.69, 9.17) is 13.9 Å². The molecule has 6 heteroatoms. The molecule has 3 heterocycles. The monoisotopic (exact) mass is 370 g/mol. The van der Waals surface area contributed by atoms with Crippen LogP contribution in [0.25, 0.3) is 0 Å². The van der Waals surface area contributed by atoms with E-state index in [2.05, 4.69) is 11.8 Å². The fraction of sp³-hybridized carbons (Fsp3) is 0.476. The Morgan fingerprint density at radius 1 is 1.11 bits per heavy atom. The van der Waals surface area contributed by atoms with Crippen LogP contribution in [0.4, 0.5) is 0 Å². The lowest BCUT2D eigenvalue weighted by atomic mass is 10.1. The van der Waals surface area contributed by atoms with Crippen molar-refractivity contribution in [3.8, 4) is 11.5 Å². The summed E-state index contributed by atoms with van der Waals surface area (Å²) in [5, 5.41) is 0. The van der Waals surface area contributed by atoms with Crippen LogP contribution in [0.1, 0.15) is 54.1 Å². The number of furan rings is 1. The van der Waals surface area contributed by atoms with E-state index in [0.717, 1.165) is 35.9 Å². The molecule has 1 aromatic heterocycles. The molecule has 4 rings (SSSR count). The smallest absolute Gasteiger partial charge is 0.289 e. The van der Waals surface area contributed by atoms with Crippen LogP contribution in [0.5, 0.6) is 11.5 Å². The van der Waals surface area contributed by atoms with Gasteiger partial charge in [-0.25, -0.2) is 0 Å². The Morgan fingerprint density at radius 3 is 2.70 bits per heavy atom. The van der Waals surface area contributed by atoms with Crippen molar-refractivity contribution in [3.63, 3.8) is 0 Å². The minimum absolute atomic E-state index is 0.121. The second-order valence-electron chi connectivity index (χ2n) is 7.32. The summed E-state index contributed by atoms with van der Waals surface area (Å²) in [5.74, 6) is 2.60. The van der Waals surface area contributed by atoms with Crippen molar-refractivity contribution in [1.82, 2.24) is 9.80 Å². The van der Waals surface area contributed by atoms with E-state index in [1.54, 1.807) is 18.0 Å². The molecule has 1 amide bonds. The summed E-state index contributed by atoms with van der Waals surface area (Å²) in [6.45, 7) is 5.06. The molecule has 2 aliphatic rings. The van der Waals surface area contributed by atoms with E-state index < -0.39 is 0 Å². The quantitative estimate of drug-likeness (QED) is 0.801. The first kappa shape index (κ1) is 17.9. The van der Waals surface area contributed by atoms with Crippen LogP contribution in [0.3, 0.4) is 0 Å². The molecule has 2 aromatic rings. The third-order valence-corrected chi connectivity index (χ3v) is 5.39. The largest absolute Gasteiger partial charge is 0.454 e. The van der Waals surface area contributed by atoms with Crippen molar-refractivity contribution >= 4 is 5.91 Å². The van der Waals surface area contributed by atoms with Crippen molar-refractivity contribution in [2.45, 2.75) is 38.8 Å². The number of hydrogen-bond acceptors (Lipinski definition) is 5. The molecule has 1 atom stereocenters. The van der Waals surface area contributed by atoms with Crippen LogP contribution in [0, 0.1) is 0 Å². The van der Waals surface area contributed by atoms with Gasteiger partial charge in [-0.1, -0.05) is 12.5 Å². The molecule has 1 saturated heterocycles. The lowest BCUT2D eigenvalue weighted by molar-refractivity contribution is 0.0745. The highest BCUT2D eigenvalue weighted by Gasteiger charge is 2.23. The van der Waals surface area contributed by atoms with Gasteiger partial charge in [-0.2, -0.15) is 0 Å². The average Bonchev–Trinajstić information content (AvgIpc) is 3.36. The SMILES string of the molecule is C[C@@H](c1ccc(C(=O)N(C)Cc2ccc3c(c2)OCO3)o1)N1CCCCC1. The van der Waals surface area contributed by atoms with Gasteiger partial charge in [0.1, 0.15) is 5.76 Å². The lowest BCUT2D eigenvalue weighted by Crippen LogP contribution is -2.32. The first-order chi connectivity index (χ1) is 13.1. The molecule has 0 N–H and O–H groups in total. The number of fused-ring (bicyclic) bond motifs is 1. The Hall–Kier alpha value is -2.47. The first-order valence-corrected chi connectivity index (χ1v) is 9.59. The van der Waals surface area contributed by atoms with Gasteiger partial charge >= 0.3 is 0 Å². The topological polar surface area (TPSA) is 55.2 Å². The van der Waals surface area contributed by atoms with Gasteiger partial charge in [0, 0.05) is 13.6 Å². The Bertz CT molecular complexity index is 810. The number of benzene rings is 1. The molecular formula is C21H26N2O4. The van der Waals surface area contributed by atoms with E-state index in [1.807, 2.05) is 24.3 Å². The van der Waals surface area contributed by atoms with E-state index in [0.29, 0.717) is 12.3 Å². The summed E-state index contributed by atoms with van der Waals surface area (Å²) in [6.07, 6.45) is 3.76. The van der Waals surface area contributed by atoms with Gasteiger partial charge in [0.05, 0.1) is 6.04 Å². The van der Waals surface area contributed by atoms with Crippen molar-refractivity contribution in [2.24, 2.45) is 0 Å². The second-order valence-corrected chi connectivity index (χ2v) is 7.32. The van der Waals surface area contributed by atoms with E-state index in [-0.39, 0.29) is 18.7 Å². The standard InChI is InChI=1S/C21H26N2O4/c1-15(23-10-4-3-5-11-23)17-8-9-19(27-17)21(24)22(2)13-16-6-7-18-20(12-16)26-14-25-18/h6-9,12,15H,3-5,10-11,13-14H2,1-2H3/t15-/m0/s1. The zero-order valence-electron chi connectivity index (χ0n) is 15.9. The molecule has 0 unspecified atom stereocenters. The number of carbonyl (C=O) groups excluding carboxylic acids is 1. The van der Waals surface area contributed by atoms with Gasteiger partial charge in [-0.3, -0.25) is 9.69 Å². The molecule has 0 spiro atoms. The second kappa shape index (κ2) is 7.64. The molecule has 0 aliphatic carbocycles. The van der Waals surface area contributed by atoms with Crippen LogP contribution in [0.15, 0.2) is 34.7 Å². The van der Waals surface area contributed by atoms with Crippen molar-refractivity contribution in [1.29, 1.82) is 0 Å². The Labute approximate surface area is 159 Å². The third kappa shape index (κ3) is 3.81. The van der Waals surface area contributed by atoms with Crippen LogP contribution < -0.4 is 9.47 Å². The predicted octanol–water partition coefficient (Wildman–Crippen LogP) is 3.83. The van der Waals surface area contributed by atoms with Crippen LogP contribution in [-0.4, -0.2) is 42.6 Å². The highest BCUT2D eigenvalue weighted by atomic mass is 16.7. The third-order valence-electron chi connectivity index (χ3n) is 5.39. The molecule has 0 saturated carbocycles. The maximum Gasteiger partial charge on any atom is 0.289 e. The molecule has 6 nitrogen and oxygen atoms in total. The molecule has 1 aromatic carbocycles. The minimum atomic E-state index is -0.121. The maximum atomic E-state index is 12.8. The number of likely N-dealkylation sites (tertiary alicyclic amines) is 1. The Morgan fingerprint density at radius 2 is 1.89 bits per heavy atom. The van der Waals surface area contributed by atoms with E-state index in [9.17, 15) is 4.79 Å². The number of piperidine rings is 1. The van der Waals surface area contributed by atoms with Gasteiger partial charge < -0.3 is 18.8 Å². The van der Waals surface area contributed by atoms with Crippen molar-refractivity contribution in [3.05, 3.63) is 47.4 Å². The molecule has 0 radical (unpaired) electrons. The number of ether oxygens (including phenoxy) is 2. The molecular weight excluding hydrogens is 344 g/mol. The number of amides is 1. The first-order valence-electron chi connectivity index (χ1n) is 9.59. The molecule has 1 fully saturated rings. The van der Waals surface area contributed by atoms with Crippen molar-refractivity contribution < 1.29 is 18.7 Å². The zero-order valence-corrected chi connectivity index (χ0v) is 15.9. The fourth-order valence-electron chi connectivity index (χ4n) is 3.75. The number of rotatable bonds is 5. The summed E-state index contributed by atoms with van der Waals surface area (Å²) in [6, 6.07) is 9.66. The van der Waals surface area contributed by atoms with Crippen LogP contribution >= 0.6 is 0 Å². The van der Waals surface area contributed by atoms with Crippen LogP contribution in [-0.2, 0) is 6.54 Å². The minimum Gasteiger partial charge on any atom is -0.454 e. The number of hydrogen-bond donors (Lipinski definition) is 0. The fourth-order valence-corrected chi connectivity index (χ4v) is 3.75. The molecule has 2 aliphatic heterocycles. The predicted molar refractivity (Wildman–Crippen MR) is 101 cm³/mol. The molecule has 27 heavy (non-hydrogen) atoms. The van der Waals surface area contributed by atoms with Gasteiger partial charge in [-0.05, 0) is 62.7 Å². The van der Waals surface area contributed by atoms with Gasteiger partial charge in [0.25, 0.3) is 5.91 Å². The Kier molecular flexibility index (Phi) is 5.07. The summed E-state index contributed by atoms with van der Waals surface area (Å²) in [7, 11) is 1.78. The summed E-state index contributed by atoms with van der Waals surface area (Å²) in [5.41, 5.74) is 0.989. The average molecular weight is 370 g/mol. The molecule has 0 bridgehead atoms. The summed E-state index contributed by atoms with van der Waals surface area (Å²) >= 11 is 0. The van der Waals surface area contributed by atoms with Crippen molar-refractivity contribution in [2.75, 3.05) is 26.9 Å². The van der Waals surface area contributed by atoms with Gasteiger partial charge in [0.15, 0.2) is 17.3 Å². The molecule has 144 valence electrons. The summed E-state index contributed by atoms with van der Waals surface area (Å²) < 4.78 is 16.6. The normalized spacial score (nSPS) is 17.7. The maximum absolute atomic E-state index is 12.8. The Balaban J connectivity index is 1.41. The highest BCUT2D eigenvalue weighted by Crippen LogP contribution is 2.33. The van der Waals surface area contributed by atoms with E-state index in [1.165, 1.54) is 19.3 Å². The number of carbonyl (C=O) groups is 1. The highest BCUT2D eigenvalue weighted by molar-refractivity contribution is 5.91. The number of nitrogens with zero attached hydrogens (tertiary/aromatic N) is 2.